The molecule has 1 atom stereocenters. The van der Waals surface area contributed by atoms with E-state index in [9.17, 15) is 4.79 Å². The molecule has 1 fully saturated rings. The lowest BCUT2D eigenvalue weighted by Gasteiger charge is -2.26. The van der Waals surface area contributed by atoms with E-state index in [2.05, 4.69) is 10.6 Å². The van der Waals surface area contributed by atoms with Crippen molar-refractivity contribution in [3.05, 3.63) is 94.8 Å². The van der Waals surface area contributed by atoms with Gasteiger partial charge in [0.05, 0.1) is 6.54 Å². The van der Waals surface area contributed by atoms with Crippen LogP contribution in [0.5, 0.6) is 0 Å². The lowest BCUT2D eigenvalue weighted by Crippen LogP contribution is -2.35. The zero-order valence-electron chi connectivity index (χ0n) is 15.5. The van der Waals surface area contributed by atoms with Crippen LogP contribution in [0.15, 0.2) is 72.9 Å². The summed E-state index contributed by atoms with van der Waals surface area (Å²) >= 11 is 12.9. The monoisotopic (exact) mass is 412 g/mol. The molecule has 0 aliphatic heterocycles. The topological polar surface area (TPSA) is 25.2 Å². The molecule has 3 aromatic rings. The van der Waals surface area contributed by atoms with E-state index in [-0.39, 0.29) is 11.9 Å². The minimum atomic E-state index is -0.659. The fourth-order valence-electron chi connectivity index (χ4n) is 3.42. The molecule has 0 N–H and O–H groups in total. The van der Waals surface area contributed by atoms with Crippen molar-refractivity contribution in [1.82, 2.24) is 9.47 Å². The number of benzene rings is 2. The predicted molar refractivity (Wildman–Crippen MR) is 114 cm³/mol. The summed E-state index contributed by atoms with van der Waals surface area (Å²) in [6, 6.07) is 21.8. The van der Waals surface area contributed by atoms with E-state index in [0.29, 0.717) is 13.1 Å². The Bertz CT molecular complexity index is 950. The number of rotatable bonds is 7. The zero-order valence-corrected chi connectivity index (χ0v) is 17.0. The number of nitrogens with zero attached hydrogens (tertiary/aromatic N) is 2. The Labute approximate surface area is 175 Å². The van der Waals surface area contributed by atoms with Crippen molar-refractivity contribution in [2.24, 2.45) is 0 Å². The van der Waals surface area contributed by atoms with Gasteiger partial charge in [-0.05, 0) is 42.2 Å². The largest absolute Gasteiger partial charge is 0.345 e. The average molecular weight is 413 g/mol. The normalized spacial score (nSPS) is 14.6. The van der Waals surface area contributed by atoms with Crippen LogP contribution in [-0.4, -0.2) is 21.4 Å². The van der Waals surface area contributed by atoms with Gasteiger partial charge in [0.25, 0.3) is 0 Å². The van der Waals surface area contributed by atoms with Crippen LogP contribution in [0.2, 0.25) is 5.02 Å². The third-order valence-electron chi connectivity index (χ3n) is 5.13. The molecular formula is C23H22Cl2N2O. The molecule has 1 aliphatic carbocycles. The second-order valence-corrected chi connectivity index (χ2v) is 8.03. The van der Waals surface area contributed by atoms with Gasteiger partial charge in [-0.2, -0.15) is 0 Å². The van der Waals surface area contributed by atoms with Gasteiger partial charge in [0, 0.05) is 29.5 Å². The summed E-state index contributed by atoms with van der Waals surface area (Å²) in [4.78, 5) is 15.1. The molecule has 1 aliphatic rings. The molecule has 0 bridgehead atoms. The molecule has 1 amide bonds. The summed E-state index contributed by atoms with van der Waals surface area (Å²) in [6.45, 7) is 1.23. The minimum absolute atomic E-state index is 0.0270. The quantitative estimate of drug-likeness (QED) is 0.459. The van der Waals surface area contributed by atoms with Crippen molar-refractivity contribution in [3.63, 3.8) is 0 Å². The van der Waals surface area contributed by atoms with Crippen LogP contribution in [0, 0.1) is 0 Å². The Morgan fingerprint density at radius 3 is 2.46 bits per heavy atom. The van der Waals surface area contributed by atoms with E-state index < -0.39 is 5.38 Å². The highest BCUT2D eigenvalue weighted by Gasteiger charge is 2.36. The van der Waals surface area contributed by atoms with Gasteiger partial charge in [-0.3, -0.25) is 4.79 Å². The number of aromatic nitrogens is 1. The standard InChI is InChI=1S/C23H22Cl2N2O/c24-21-11-5-4-9-18(21)15-26-14-6-10-20(26)16-27(19-12-13-19)23(28)22(25)17-7-2-1-3-8-17/h1-11,14,19,22H,12-13,15-16H2. The summed E-state index contributed by atoms with van der Waals surface area (Å²) in [5, 5.41) is 0.0935. The first-order chi connectivity index (χ1) is 13.6. The highest BCUT2D eigenvalue weighted by molar-refractivity contribution is 6.31. The summed E-state index contributed by atoms with van der Waals surface area (Å²) in [6.07, 6.45) is 4.11. The lowest BCUT2D eigenvalue weighted by molar-refractivity contribution is -0.132. The van der Waals surface area contributed by atoms with Crippen LogP contribution in [0.4, 0.5) is 0 Å². The molecule has 1 saturated carbocycles. The van der Waals surface area contributed by atoms with Crippen molar-refractivity contribution >= 4 is 29.1 Å². The maximum atomic E-state index is 13.1. The molecule has 0 radical (unpaired) electrons. The first-order valence-corrected chi connectivity index (χ1v) is 10.3. The van der Waals surface area contributed by atoms with Gasteiger partial charge in [-0.25, -0.2) is 0 Å². The van der Waals surface area contributed by atoms with Gasteiger partial charge in [0.2, 0.25) is 5.91 Å². The fraction of sp³-hybridized carbons (Fsp3) is 0.261. The Balaban J connectivity index is 1.53. The van der Waals surface area contributed by atoms with Gasteiger partial charge in [0.1, 0.15) is 5.38 Å². The molecule has 2 aromatic carbocycles. The van der Waals surface area contributed by atoms with Gasteiger partial charge in [0.15, 0.2) is 0 Å². The van der Waals surface area contributed by atoms with Crippen molar-refractivity contribution in [3.8, 4) is 0 Å². The van der Waals surface area contributed by atoms with Crippen LogP contribution < -0.4 is 0 Å². The second kappa shape index (κ2) is 8.42. The zero-order chi connectivity index (χ0) is 19.5. The van der Waals surface area contributed by atoms with Crippen LogP contribution in [0.3, 0.4) is 0 Å². The summed E-state index contributed by atoms with van der Waals surface area (Å²) in [7, 11) is 0. The number of hydrogen-bond acceptors (Lipinski definition) is 1. The van der Waals surface area contributed by atoms with Crippen molar-refractivity contribution in [2.75, 3.05) is 0 Å². The molecule has 4 rings (SSSR count). The van der Waals surface area contributed by atoms with Crippen LogP contribution in [0.25, 0.3) is 0 Å². The van der Waals surface area contributed by atoms with Crippen molar-refractivity contribution < 1.29 is 4.79 Å². The van der Waals surface area contributed by atoms with Crippen LogP contribution in [0.1, 0.15) is 35.0 Å². The number of carbonyl (C=O) groups excluding carboxylic acids is 1. The maximum Gasteiger partial charge on any atom is 0.245 e. The number of hydrogen-bond donors (Lipinski definition) is 0. The molecule has 1 aromatic heterocycles. The molecule has 28 heavy (non-hydrogen) atoms. The van der Waals surface area contributed by atoms with E-state index in [1.54, 1.807) is 0 Å². The number of alkyl halides is 1. The van der Waals surface area contributed by atoms with Gasteiger partial charge < -0.3 is 9.47 Å². The highest BCUT2D eigenvalue weighted by atomic mass is 35.5. The number of carbonyl (C=O) groups is 1. The highest BCUT2D eigenvalue weighted by Crippen LogP contribution is 2.33. The van der Waals surface area contributed by atoms with Crippen molar-refractivity contribution in [1.29, 1.82) is 0 Å². The molecule has 1 unspecified atom stereocenters. The molecule has 0 spiro atoms. The molecule has 3 nitrogen and oxygen atoms in total. The van der Waals surface area contributed by atoms with E-state index in [1.807, 2.05) is 71.8 Å². The molecular weight excluding hydrogens is 391 g/mol. The van der Waals surface area contributed by atoms with Crippen LogP contribution >= 0.6 is 23.2 Å². The van der Waals surface area contributed by atoms with E-state index in [0.717, 1.165) is 34.7 Å². The smallest absolute Gasteiger partial charge is 0.245 e. The Morgan fingerprint density at radius 1 is 1.04 bits per heavy atom. The third kappa shape index (κ3) is 4.26. The predicted octanol–water partition coefficient (Wildman–Crippen LogP) is 5.66. The average Bonchev–Trinajstić information content (AvgIpc) is 3.47. The summed E-state index contributed by atoms with van der Waals surface area (Å²) in [5.41, 5.74) is 2.98. The number of halogens is 2. The van der Waals surface area contributed by atoms with E-state index in [1.165, 1.54) is 0 Å². The van der Waals surface area contributed by atoms with Crippen LogP contribution in [-0.2, 0) is 17.9 Å². The Hall–Kier alpha value is -2.23. The lowest BCUT2D eigenvalue weighted by atomic mass is 10.1. The molecule has 144 valence electrons. The van der Waals surface area contributed by atoms with Gasteiger partial charge in [-0.15, -0.1) is 11.6 Å². The van der Waals surface area contributed by atoms with E-state index >= 15 is 0 Å². The first kappa shape index (κ1) is 19.1. The summed E-state index contributed by atoms with van der Waals surface area (Å²) < 4.78 is 2.15. The molecule has 5 heteroatoms. The summed E-state index contributed by atoms with van der Waals surface area (Å²) in [5.74, 6) is -0.0270. The Kier molecular flexibility index (Phi) is 5.74. The van der Waals surface area contributed by atoms with Gasteiger partial charge >= 0.3 is 0 Å². The van der Waals surface area contributed by atoms with Crippen molar-refractivity contribution in [2.45, 2.75) is 37.4 Å². The third-order valence-corrected chi connectivity index (χ3v) is 5.94. The SMILES string of the molecule is O=C(C(Cl)c1ccccc1)N(Cc1cccn1Cc1ccccc1Cl)C1CC1. The first-order valence-electron chi connectivity index (χ1n) is 9.50. The minimum Gasteiger partial charge on any atom is -0.345 e. The second-order valence-electron chi connectivity index (χ2n) is 7.19. The maximum absolute atomic E-state index is 13.1. The molecule has 1 heterocycles. The number of amides is 1. The molecule has 0 saturated heterocycles. The Morgan fingerprint density at radius 2 is 1.75 bits per heavy atom. The fourth-order valence-corrected chi connectivity index (χ4v) is 3.88. The van der Waals surface area contributed by atoms with E-state index in [4.69, 9.17) is 23.2 Å². The van der Waals surface area contributed by atoms with Gasteiger partial charge in [-0.1, -0.05) is 60.1 Å².